The standard InChI is InChI=1S/C18H23N3OS.ClH/c1-12-10-15(8-9-19-12)17(22)20-13(2)18-21-16(11-23-18)14-6-4-3-5-7-14;/h3-7,11-13,15,19H,8-10H2,1-2H3,(H,20,22);1H/t12-,13?,15-;/m0./s1. The largest absolute Gasteiger partial charge is 0.347 e. The highest BCUT2D eigenvalue weighted by Gasteiger charge is 2.26. The van der Waals surface area contributed by atoms with Crippen molar-refractivity contribution in [3.05, 3.63) is 40.7 Å². The van der Waals surface area contributed by atoms with Crippen LogP contribution in [0.3, 0.4) is 0 Å². The molecule has 1 fully saturated rings. The van der Waals surface area contributed by atoms with Gasteiger partial charge in [-0.2, -0.15) is 0 Å². The van der Waals surface area contributed by atoms with Crippen LogP contribution in [-0.2, 0) is 4.79 Å². The number of benzene rings is 1. The third kappa shape index (κ3) is 4.56. The Morgan fingerprint density at radius 2 is 2.12 bits per heavy atom. The predicted molar refractivity (Wildman–Crippen MR) is 102 cm³/mol. The van der Waals surface area contributed by atoms with Gasteiger partial charge in [-0.25, -0.2) is 4.98 Å². The fraction of sp³-hybridized carbons (Fsp3) is 0.444. The maximum Gasteiger partial charge on any atom is 0.223 e. The third-order valence-electron chi connectivity index (χ3n) is 4.32. The van der Waals surface area contributed by atoms with Crippen LogP contribution in [0.15, 0.2) is 35.7 Å². The van der Waals surface area contributed by atoms with Crippen molar-refractivity contribution in [1.29, 1.82) is 0 Å². The molecule has 1 aromatic carbocycles. The van der Waals surface area contributed by atoms with Crippen molar-refractivity contribution in [2.45, 2.75) is 38.8 Å². The van der Waals surface area contributed by atoms with Crippen molar-refractivity contribution >= 4 is 29.7 Å². The summed E-state index contributed by atoms with van der Waals surface area (Å²) >= 11 is 1.60. The maximum atomic E-state index is 12.4. The van der Waals surface area contributed by atoms with E-state index in [1.807, 2.05) is 25.1 Å². The number of carbonyl (C=O) groups excluding carboxylic acids is 1. The summed E-state index contributed by atoms with van der Waals surface area (Å²) in [4.78, 5) is 17.1. The Kier molecular flexibility index (Phi) is 6.78. The van der Waals surface area contributed by atoms with Gasteiger partial charge in [-0.1, -0.05) is 30.3 Å². The van der Waals surface area contributed by atoms with E-state index in [4.69, 9.17) is 0 Å². The summed E-state index contributed by atoms with van der Waals surface area (Å²) in [6, 6.07) is 10.5. The maximum absolute atomic E-state index is 12.4. The lowest BCUT2D eigenvalue weighted by Gasteiger charge is -2.28. The van der Waals surface area contributed by atoms with E-state index in [1.54, 1.807) is 11.3 Å². The first kappa shape index (κ1) is 18.9. The highest BCUT2D eigenvalue weighted by atomic mass is 35.5. The topological polar surface area (TPSA) is 54.0 Å². The van der Waals surface area contributed by atoms with Crippen molar-refractivity contribution in [2.75, 3.05) is 6.54 Å². The Morgan fingerprint density at radius 3 is 2.83 bits per heavy atom. The number of nitrogens with zero attached hydrogens (tertiary/aromatic N) is 1. The molecule has 130 valence electrons. The number of amides is 1. The van der Waals surface area contributed by atoms with Crippen LogP contribution in [0.25, 0.3) is 11.3 Å². The molecule has 24 heavy (non-hydrogen) atoms. The molecule has 0 saturated carbocycles. The van der Waals surface area contributed by atoms with E-state index < -0.39 is 0 Å². The Morgan fingerprint density at radius 1 is 1.38 bits per heavy atom. The number of carbonyl (C=O) groups is 1. The molecular weight excluding hydrogens is 342 g/mol. The Bertz CT molecular complexity index is 661. The van der Waals surface area contributed by atoms with Crippen molar-refractivity contribution in [3.8, 4) is 11.3 Å². The van der Waals surface area contributed by atoms with Crippen LogP contribution in [0.2, 0.25) is 0 Å². The number of nitrogens with one attached hydrogen (secondary N) is 2. The number of piperidine rings is 1. The molecule has 1 unspecified atom stereocenters. The van der Waals surface area contributed by atoms with Crippen LogP contribution in [0, 0.1) is 5.92 Å². The van der Waals surface area contributed by atoms with Crippen LogP contribution in [-0.4, -0.2) is 23.5 Å². The molecule has 1 aliphatic heterocycles. The average molecular weight is 366 g/mol. The molecule has 2 aromatic rings. The minimum Gasteiger partial charge on any atom is -0.347 e. The van der Waals surface area contributed by atoms with Crippen molar-refractivity contribution in [3.63, 3.8) is 0 Å². The summed E-state index contributed by atoms with van der Waals surface area (Å²) in [5.74, 6) is 0.268. The van der Waals surface area contributed by atoms with Gasteiger partial charge in [0.05, 0.1) is 11.7 Å². The monoisotopic (exact) mass is 365 g/mol. The van der Waals surface area contributed by atoms with Gasteiger partial charge in [0.1, 0.15) is 5.01 Å². The van der Waals surface area contributed by atoms with Crippen molar-refractivity contribution in [1.82, 2.24) is 15.6 Å². The fourth-order valence-corrected chi connectivity index (χ4v) is 3.83. The molecule has 0 radical (unpaired) electrons. The SMILES string of the molecule is CC(NC(=O)[C@H]1CCN[C@@H](C)C1)c1nc(-c2ccccc2)cs1.Cl. The molecule has 2 heterocycles. The van der Waals surface area contributed by atoms with Gasteiger partial charge < -0.3 is 10.6 Å². The number of hydrogen-bond acceptors (Lipinski definition) is 4. The zero-order chi connectivity index (χ0) is 16.2. The van der Waals surface area contributed by atoms with Crippen LogP contribution >= 0.6 is 23.7 Å². The second-order valence-electron chi connectivity index (χ2n) is 6.24. The van der Waals surface area contributed by atoms with E-state index in [-0.39, 0.29) is 30.3 Å². The summed E-state index contributed by atoms with van der Waals surface area (Å²) in [5.41, 5.74) is 2.09. The Hall–Kier alpha value is -1.43. The second kappa shape index (κ2) is 8.60. The number of aromatic nitrogens is 1. The van der Waals surface area contributed by atoms with E-state index in [0.717, 1.165) is 35.7 Å². The summed E-state index contributed by atoms with van der Waals surface area (Å²) in [7, 11) is 0. The molecule has 1 amide bonds. The molecule has 0 aliphatic carbocycles. The van der Waals surface area contributed by atoms with Gasteiger partial charge in [0.25, 0.3) is 0 Å². The van der Waals surface area contributed by atoms with Gasteiger partial charge in [-0.05, 0) is 33.2 Å². The van der Waals surface area contributed by atoms with Gasteiger partial charge in [-0.3, -0.25) is 4.79 Å². The van der Waals surface area contributed by atoms with E-state index in [9.17, 15) is 4.79 Å². The minimum atomic E-state index is -0.0462. The number of halogens is 1. The normalized spacial score (nSPS) is 21.6. The van der Waals surface area contributed by atoms with Gasteiger partial charge >= 0.3 is 0 Å². The molecule has 2 N–H and O–H groups in total. The van der Waals surface area contributed by atoms with Gasteiger partial charge in [0, 0.05) is 22.9 Å². The molecule has 3 atom stereocenters. The van der Waals surface area contributed by atoms with Crippen LogP contribution in [0.4, 0.5) is 0 Å². The lowest BCUT2D eigenvalue weighted by Crippen LogP contribution is -2.42. The minimum absolute atomic E-state index is 0. The lowest BCUT2D eigenvalue weighted by molar-refractivity contribution is -0.126. The van der Waals surface area contributed by atoms with Crippen molar-refractivity contribution < 1.29 is 4.79 Å². The highest BCUT2D eigenvalue weighted by molar-refractivity contribution is 7.10. The van der Waals surface area contributed by atoms with Gasteiger partial charge in [-0.15, -0.1) is 23.7 Å². The lowest BCUT2D eigenvalue weighted by atomic mass is 9.92. The van der Waals surface area contributed by atoms with Gasteiger partial charge in [0.15, 0.2) is 0 Å². The molecule has 1 aromatic heterocycles. The molecule has 3 rings (SSSR count). The highest BCUT2D eigenvalue weighted by Crippen LogP contribution is 2.26. The molecule has 0 bridgehead atoms. The molecule has 1 aliphatic rings. The van der Waals surface area contributed by atoms with Crippen LogP contribution < -0.4 is 10.6 Å². The van der Waals surface area contributed by atoms with Crippen LogP contribution in [0.5, 0.6) is 0 Å². The zero-order valence-corrected chi connectivity index (χ0v) is 15.6. The third-order valence-corrected chi connectivity index (χ3v) is 5.34. The summed E-state index contributed by atoms with van der Waals surface area (Å²) in [6.45, 7) is 5.06. The smallest absolute Gasteiger partial charge is 0.223 e. The Balaban J connectivity index is 0.00000208. The van der Waals surface area contributed by atoms with E-state index in [1.165, 1.54) is 0 Å². The first-order valence-corrected chi connectivity index (χ1v) is 9.06. The first-order valence-electron chi connectivity index (χ1n) is 8.18. The van der Waals surface area contributed by atoms with Crippen LogP contribution in [0.1, 0.15) is 37.7 Å². The molecule has 0 spiro atoms. The van der Waals surface area contributed by atoms with Crippen molar-refractivity contribution in [2.24, 2.45) is 5.92 Å². The van der Waals surface area contributed by atoms with E-state index >= 15 is 0 Å². The number of hydrogen-bond donors (Lipinski definition) is 2. The summed E-state index contributed by atoms with van der Waals surface area (Å²) in [6.07, 6.45) is 1.82. The summed E-state index contributed by atoms with van der Waals surface area (Å²) < 4.78 is 0. The van der Waals surface area contributed by atoms with Gasteiger partial charge in [0.2, 0.25) is 5.91 Å². The number of thiazole rings is 1. The molecule has 4 nitrogen and oxygen atoms in total. The first-order chi connectivity index (χ1) is 11.1. The molecule has 1 saturated heterocycles. The number of rotatable bonds is 4. The predicted octanol–water partition coefficient (Wildman–Crippen LogP) is 3.80. The fourth-order valence-electron chi connectivity index (χ4n) is 2.99. The summed E-state index contributed by atoms with van der Waals surface area (Å²) in [5, 5.41) is 9.53. The average Bonchev–Trinajstić information content (AvgIpc) is 3.06. The van der Waals surface area contributed by atoms with E-state index in [0.29, 0.717) is 6.04 Å². The Labute approximate surface area is 153 Å². The molecule has 6 heteroatoms. The zero-order valence-electron chi connectivity index (χ0n) is 14.0. The van der Waals surface area contributed by atoms with E-state index in [2.05, 4.69) is 40.1 Å². The second-order valence-corrected chi connectivity index (χ2v) is 7.13. The quantitative estimate of drug-likeness (QED) is 0.866. The molecular formula is C18H24ClN3OS.